The third-order valence-corrected chi connectivity index (χ3v) is 4.32. The summed E-state index contributed by atoms with van der Waals surface area (Å²) in [6.07, 6.45) is -4.23. The first-order valence-electron chi connectivity index (χ1n) is 9.26. The Kier molecular flexibility index (Phi) is 5.87. The largest absolute Gasteiger partial charge is 0.453 e. The number of ether oxygens (including phenoxy) is 2. The molecule has 0 N–H and O–H groups in total. The van der Waals surface area contributed by atoms with Crippen molar-refractivity contribution in [1.82, 2.24) is 0 Å². The minimum absolute atomic E-state index is 0.0266. The van der Waals surface area contributed by atoms with Crippen molar-refractivity contribution in [3.63, 3.8) is 0 Å². The lowest BCUT2D eigenvalue weighted by Crippen LogP contribution is -2.16. The van der Waals surface area contributed by atoms with Crippen molar-refractivity contribution in [2.45, 2.75) is 33.4 Å². The van der Waals surface area contributed by atoms with Gasteiger partial charge in [-0.25, -0.2) is 0 Å². The van der Waals surface area contributed by atoms with E-state index >= 15 is 0 Å². The Morgan fingerprint density at radius 2 is 1.70 bits per heavy atom. The molecule has 158 valence electrons. The monoisotopic (exact) mass is 420 g/mol. The van der Waals surface area contributed by atoms with Gasteiger partial charge in [-0.1, -0.05) is 32.9 Å². The van der Waals surface area contributed by atoms with E-state index in [0.717, 1.165) is 18.1 Å². The van der Waals surface area contributed by atoms with E-state index in [-0.39, 0.29) is 22.5 Å². The number of hydrogen-bond donors (Lipinski definition) is 0. The Balaban J connectivity index is 2.10. The smallest absolute Gasteiger partial charge is 0.449 e. The van der Waals surface area contributed by atoms with Gasteiger partial charge in [-0.3, -0.25) is 9.59 Å². The lowest BCUT2D eigenvalue weighted by molar-refractivity contribution is -0.154. The SMILES string of the molecule is CCc1ccc(Oc2c(C(F)(F)F)oc3cc(OC(=O)C(C)C)ccc3c2=O)cc1. The fraction of sp³-hybridized carbons (Fsp3) is 0.273. The first kappa shape index (κ1) is 21.4. The molecule has 2 aromatic carbocycles. The van der Waals surface area contributed by atoms with Crippen molar-refractivity contribution in [3.05, 3.63) is 64.0 Å². The van der Waals surface area contributed by atoms with Crippen LogP contribution in [0.1, 0.15) is 32.1 Å². The Morgan fingerprint density at radius 1 is 1.07 bits per heavy atom. The molecule has 0 aliphatic carbocycles. The second-order valence-corrected chi connectivity index (χ2v) is 6.92. The molecular weight excluding hydrogens is 401 g/mol. The molecule has 8 heteroatoms. The average Bonchev–Trinajstić information content (AvgIpc) is 2.69. The van der Waals surface area contributed by atoms with Crippen molar-refractivity contribution >= 4 is 16.9 Å². The Hall–Kier alpha value is -3.29. The zero-order chi connectivity index (χ0) is 22.1. The third-order valence-electron chi connectivity index (χ3n) is 4.32. The van der Waals surface area contributed by atoms with Crippen LogP contribution in [0.5, 0.6) is 17.2 Å². The summed E-state index contributed by atoms with van der Waals surface area (Å²) in [5, 5.41) is -0.132. The van der Waals surface area contributed by atoms with Gasteiger partial charge >= 0.3 is 12.1 Å². The second-order valence-electron chi connectivity index (χ2n) is 6.92. The Morgan fingerprint density at radius 3 is 2.27 bits per heavy atom. The molecule has 0 saturated carbocycles. The van der Waals surface area contributed by atoms with E-state index in [1.165, 1.54) is 24.3 Å². The van der Waals surface area contributed by atoms with Gasteiger partial charge < -0.3 is 13.9 Å². The van der Waals surface area contributed by atoms with Crippen LogP contribution in [0.15, 0.2) is 51.7 Å². The molecule has 0 radical (unpaired) electrons. The maximum atomic E-state index is 13.6. The molecule has 0 bridgehead atoms. The van der Waals surface area contributed by atoms with Gasteiger partial charge in [0.05, 0.1) is 11.3 Å². The van der Waals surface area contributed by atoms with Crippen LogP contribution in [0, 0.1) is 5.92 Å². The molecule has 5 nitrogen and oxygen atoms in total. The molecule has 0 amide bonds. The Labute approximate surface area is 170 Å². The zero-order valence-corrected chi connectivity index (χ0v) is 16.5. The highest BCUT2D eigenvalue weighted by molar-refractivity contribution is 5.81. The van der Waals surface area contributed by atoms with Gasteiger partial charge in [0.2, 0.25) is 11.2 Å². The normalized spacial score (nSPS) is 11.7. The molecular formula is C22H19F3O5. The third kappa shape index (κ3) is 4.48. The van der Waals surface area contributed by atoms with Crippen molar-refractivity contribution in [1.29, 1.82) is 0 Å². The first-order chi connectivity index (χ1) is 14.1. The quantitative estimate of drug-likeness (QED) is 0.390. The fourth-order valence-corrected chi connectivity index (χ4v) is 2.64. The number of carbonyl (C=O) groups is 1. The maximum absolute atomic E-state index is 13.6. The van der Waals surface area contributed by atoms with Crippen LogP contribution in [0.4, 0.5) is 13.2 Å². The van der Waals surface area contributed by atoms with Gasteiger partial charge in [0.1, 0.15) is 17.1 Å². The topological polar surface area (TPSA) is 65.7 Å². The highest BCUT2D eigenvalue weighted by Gasteiger charge is 2.40. The number of fused-ring (bicyclic) bond motifs is 1. The van der Waals surface area contributed by atoms with Crippen LogP contribution >= 0.6 is 0 Å². The predicted octanol–water partition coefficient (Wildman–Crippen LogP) is 5.73. The average molecular weight is 420 g/mol. The first-order valence-corrected chi connectivity index (χ1v) is 9.26. The van der Waals surface area contributed by atoms with Gasteiger partial charge in [-0.15, -0.1) is 0 Å². The van der Waals surface area contributed by atoms with E-state index in [1.54, 1.807) is 26.0 Å². The highest BCUT2D eigenvalue weighted by atomic mass is 19.4. The number of aryl methyl sites for hydroxylation is 1. The van der Waals surface area contributed by atoms with E-state index in [0.29, 0.717) is 0 Å². The number of carbonyl (C=O) groups excluding carboxylic acids is 1. The van der Waals surface area contributed by atoms with Crippen molar-refractivity contribution in [3.8, 4) is 17.2 Å². The molecule has 0 fully saturated rings. The van der Waals surface area contributed by atoms with E-state index in [9.17, 15) is 22.8 Å². The molecule has 3 rings (SSSR count). The molecule has 0 aliphatic heterocycles. The van der Waals surface area contributed by atoms with Gasteiger partial charge in [0.25, 0.3) is 5.76 Å². The summed E-state index contributed by atoms with van der Waals surface area (Å²) >= 11 is 0. The lowest BCUT2D eigenvalue weighted by atomic mass is 10.1. The van der Waals surface area contributed by atoms with Gasteiger partial charge in [0, 0.05) is 6.07 Å². The molecule has 0 spiro atoms. The molecule has 0 saturated heterocycles. The second kappa shape index (κ2) is 8.22. The van der Waals surface area contributed by atoms with Crippen molar-refractivity contribution in [2.75, 3.05) is 0 Å². The molecule has 3 aromatic rings. The van der Waals surface area contributed by atoms with Crippen LogP contribution in [0.2, 0.25) is 0 Å². The van der Waals surface area contributed by atoms with E-state index in [4.69, 9.17) is 13.9 Å². The van der Waals surface area contributed by atoms with Crippen LogP contribution in [0.3, 0.4) is 0 Å². The summed E-state index contributed by atoms with van der Waals surface area (Å²) in [5.74, 6) is -3.47. The molecule has 0 aliphatic rings. The lowest BCUT2D eigenvalue weighted by Gasteiger charge is -2.14. The molecule has 1 heterocycles. The van der Waals surface area contributed by atoms with Crippen molar-refractivity contribution in [2.24, 2.45) is 5.92 Å². The van der Waals surface area contributed by atoms with Crippen molar-refractivity contribution < 1.29 is 31.9 Å². The van der Waals surface area contributed by atoms with Crippen LogP contribution in [-0.2, 0) is 17.4 Å². The number of rotatable bonds is 5. The minimum Gasteiger partial charge on any atom is -0.449 e. The summed E-state index contributed by atoms with van der Waals surface area (Å²) < 4.78 is 56.2. The number of benzene rings is 2. The highest BCUT2D eigenvalue weighted by Crippen LogP contribution is 2.38. The van der Waals surface area contributed by atoms with E-state index < -0.39 is 35.0 Å². The fourth-order valence-electron chi connectivity index (χ4n) is 2.64. The number of esters is 1. The molecule has 30 heavy (non-hydrogen) atoms. The molecule has 0 unspecified atom stereocenters. The summed E-state index contributed by atoms with van der Waals surface area (Å²) in [6, 6.07) is 9.98. The van der Waals surface area contributed by atoms with E-state index in [2.05, 4.69) is 0 Å². The van der Waals surface area contributed by atoms with Gasteiger partial charge in [-0.2, -0.15) is 13.2 Å². The summed E-state index contributed by atoms with van der Waals surface area (Å²) in [4.78, 5) is 24.5. The molecule has 0 atom stereocenters. The predicted molar refractivity (Wildman–Crippen MR) is 104 cm³/mol. The summed E-state index contributed by atoms with van der Waals surface area (Å²) in [7, 11) is 0. The van der Waals surface area contributed by atoms with Crippen LogP contribution < -0.4 is 14.9 Å². The Bertz CT molecular complexity index is 1130. The van der Waals surface area contributed by atoms with Crippen LogP contribution in [0.25, 0.3) is 11.0 Å². The van der Waals surface area contributed by atoms with Crippen LogP contribution in [-0.4, -0.2) is 5.97 Å². The maximum Gasteiger partial charge on any atom is 0.453 e. The molecule has 1 aromatic heterocycles. The zero-order valence-electron chi connectivity index (χ0n) is 16.5. The van der Waals surface area contributed by atoms with Gasteiger partial charge in [-0.05, 0) is 36.2 Å². The standard InChI is InChI=1S/C22H19F3O5/c1-4-13-5-7-14(8-6-13)28-19-18(26)16-10-9-15(29-21(27)12(2)3)11-17(16)30-20(19)22(23,24)25/h5-12H,4H2,1-3H3. The summed E-state index contributed by atoms with van der Waals surface area (Å²) in [5.41, 5.74) is -0.382. The number of alkyl halides is 3. The van der Waals surface area contributed by atoms with E-state index in [1.807, 2.05) is 6.92 Å². The number of halogens is 3. The summed E-state index contributed by atoms with van der Waals surface area (Å²) in [6.45, 7) is 5.16. The number of hydrogen-bond acceptors (Lipinski definition) is 5. The minimum atomic E-state index is -4.98. The van der Waals surface area contributed by atoms with Gasteiger partial charge in [0.15, 0.2) is 0 Å².